The minimum atomic E-state index is -0.692. The van der Waals surface area contributed by atoms with Gasteiger partial charge in [-0.25, -0.2) is 0 Å². The summed E-state index contributed by atoms with van der Waals surface area (Å²) in [5, 5.41) is 10.3. The Labute approximate surface area is 104 Å². The molecule has 1 fully saturated rings. The monoisotopic (exact) mass is 242 g/mol. The molecule has 4 nitrogen and oxygen atoms in total. The molecule has 0 aliphatic heterocycles. The summed E-state index contributed by atoms with van der Waals surface area (Å²) in [6.45, 7) is 6.25. The van der Waals surface area contributed by atoms with E-state index >= 15 is 0 Å². The molecule has 0 radical (unpaired) electrons. The molecule has 1 aliphatic carbocycles. The van der Waals surface area contributed by atoms with Crippen LogP contribution in [0, 0.1) is 5.41 Å². The zero-order chi connectivity index (χ0) is 13.3. The second-order valence-electron chi connectivity index (χ2n) is 6.47. The number of aliphatic hydroxyl groups is 1. The van der Waals surface area contributed by atoms with Crippen LogP contribution in [0.15, 0.2) is 0 Å². The van der Waals surface area contributed by atoms with Crippen molar-refractivity contribution in [1.82, 2.24) is 4.90 Å². The van der Waals surface area contributed by atoms with Gasteiger partial charge in [-0.05, 0) is 18.3 Å². The molecule has 0 heterocycles. The van der Waals surface area contributed by atoms with E-state index in [0.717, 1.165) is 25.7 Å². The summed E-state index contributed by atoms with van der Waals surface area (Å²) >= 11 is 0. The Hall–Kier alpha value is -0.610. The lowest BCUT2D eigenvalue weighted by Crippen LogP contribution is -2.52. The van der Waals surface area contributed by atoms with Crippen molar-refractivity contribution in [3.8, 4) is 0 Å². The molecular formula is C13H26N2O2. The normalized spacial score (nSPS) is 21.3. The van der Waals surface area contributed by atoms with Gasteiger partial charge in [-0.2, -0.15) is 0 Å². The van der Waals surface area contributed by atoms with Crippen LogP contribution in [0.1, 0.15) is 46.5 Å². The van der Waals surface area contributed by atoms with Crippen LogP contribution >= 0.6 is 0 Å². The molecule has 0 aromatic carbocycles. The van der Waals surface area contributed by atoms with Crippen molar-refractivity contribution in [3.63, 3.8) is 0 Å². The second kappa shape index (κ2) is 4.94. The van der Waals surface area contributed by atoms with Crippen LogP contribution in [0.25, 0.3) is 0 Å². The van der Waals surface area contributed by atoms with Crippen LogP contribution in [0.4, 0.5) is 0 Å². The number of likely N-dealkylation sites (N-methyl/N-ethyl adjacent to an activating group) is 1. The van der Waals surface area contributed by atoms with E-state index in [1.807, 2.05) is 20.8 Å². The highest BCUT2D eigenvalue weighted by molar-refractivity contribution is 5.82. The summed E-state index contributed by atoms with van der Waals surface area (Å²) in [4.78, 5) is 13.7. The van der Waals surface area contributed by atoms with Gasteiger partial charge in [-0.1, -0.05) is 33.6 Å². The first-order valence-corrected chi connectivity index (χ1v) is 6.39. The van der Waals surface area contributed by atoms with Gasteiger partial charge in [0, 0.05) is 13.6 Å². The zero-order valence-corrected chi connectivity index (χ0v) is 11.5. The zero-order valence-electron chi connectivity index (χ0n) is 11.5. The quantitative estimate of drug-likeness (QED) is 0.779. The van der Waals surface area contributed by atoms with E-state index in [1.54, 1.807) is 11.9 Å². The summed E-state index contributed by atoms with van der Waals surface area (Å²) in [7, 11) is 1.73. The second-order valence-corrected chi connectivity index (χ2v) is 6.47. The molecule has 0 spiro atoms. The third-order valence-corrected chi connectivity index (χ3v) is 3.64. The van der Waals surface area contributed by atoms with Crippen molar-refractivity contribution in [2.45, 2.75) is 58.1 Å². The van der Waals surface area contributed by atoms with Crippen molar-refractivity contribution in [2.75, 3.05) is 13.6 Å². The summed E-state index contributed by atoms with van der Waals surface area (Å²) in [6, 6.07) is -0.516. The number of rotatable bonds is 3. The largest absolute Gasteiger partial charge is 0.388 e. The molecule has 1 rings (SSSR count). The maximum absolute atomic E-state index is 12.1. The number of nitrogens with two attached hydrogens (primary N) is 1. The highest BCUT2D eigenvalue weighted by atomic mass is 16.3. The van der Waals surface area contributed by atoms with Gasteiger partial charge in [-0.3, -0.25) is 4.79 Å². The van der Waals surface area contributed by atoms with Gasteiger partial charge in [-0.15, -0.1) is 0 Å². The number of amides is 1. The van der Waals surface area contributed by atoms with Gasteiger partial charge in [0.1, 0.15) is 0 Å². The third-order valence-electron chi connectivity index (χ3n) is 3.64. The van der Waals surface area contributed by atoms with E-state index in [0.29, 0.717) is 6.54 Å². The summed E-state index contributed by atoms with van der Waals surface area (Å²) in [6.07, 6.45) is 3.67. The Bertz CT molecular complexity index is 278. The lowest BCUT2D eigenvalue weighted by molar-refractivity contribution is -0.136. The first-order valence-electron chi connectivity index (χ1n) is 6.39. The van der Waals surface area contributed by atoms with Crippen LogP contribution < -0.4 is 5.73 Å². The molecule has 17 heavy (non-hydrogen) atoms. The molecule has 0 unspecified atom stereocenters. The van der Waals surface area contributed by atoms with Gasteiger partial charge in [0.2, 0.25) is 5.91 Å². The first kappa shape index (κ1) is 14.5. The lowest BCUT2D eigenvalue weighted by Gasteiger charge is -2.33. The van der Waals surface area contributed by atoms with Crippen LogP contribution in [0.3, 0.4) is 0 Å². The average molecular weight is 242 g/mol. The molecule has 100 valence electrons. The van der Waals surface area contributed by atoms with E-state index in [9.17, 15) is 9.90 Å². The van der Waals surface area contributed by atoms with Crippen LogP contribution in [0.5, 0.6) is 0 Å². The molecule has 0 bridgehead atoms. The highest BCUT2D eigenvalue weighted by Crippen LogP contribution is 2.30. The molecule has 3 N–H and O–H groups in total. The molecule has 0 aromatic rings. The Balaban J connectivity index is 2.58. The van der Waals surface area contributed by atoms with E-state index in [2.05, 4.69) is 0 Å². The highest BCUT2D eigenvalue weighted by Gasteiger charge is 2.36. The Morgan fingerprint density at radius 3 is 2.29 bits per heavy atom. The van der Waals surface area contributed by atoms with Gasteiger partial charge < -0.3 is 15.7 Å². The fraction of sp³-hybridized carbons (Fsp3) is 0.923. The number of hydrogen-bond acceptors (Lipinski definition) is 3. The van der Waals surface area contributed by atoms with E-state index in [1.165, 1.54) is 0 Å². The smallest absolute Gasteiger partial charge is 0.239 e. The van der Waals surface area contributed by atoms with Crippen molar-refractivity contribution in [2.24, 2.45) is 11.1 Å². The van der Waals surface area contributed by atoms with Crippen molar-refractivity contribution >= 4 is 5.91 Å². The minimum Gasteiger partial charge on any atom is -0.388 e. The number of hydrogen-bond donors (Lipinski definition) is 2. The number of carbonyl (C=O) groups is 1. The van der Waals surface area contributed by atoms with Crippen molar-refractivity contribution in [3.05, 3.63) is 0 Å². The SMILES string of the molecule is CN(CC1(O)CCCC1)C(=O)[C@H](N)C(C)(C)C. The Morgan fingerprint density at radius 2 is 1.88 bits per heavy atom. The maximum Gasteiger partial charge on any atom is 0.239 e. The Morgan fingerprint density at radius 1 is 1.41 bits per heavy atom. The minimum absolute atomic E-state index is 0.0853. The standard InChI is InChI=1S/C13H26N2O2/c1-12(2,3)10(14)11(16)15(4)9-13(17)7-5-6-8-13/h10,17H,5-9,14H2,1-4H3/t10-/m0/s1. The van der Waals surface area contributed by atoms with Crippen LogP contribution in [-0.2, 0) is 4.79 Å². The molecule has 1 saturated carbocycles. The number of nitrogens with zero attached hydrogens (tertiary/aromatic N) is 1. The molecule has 0 aromatic heterocycles. The average Bonchev–Trinajstić information content (AvgIpc) is 2.61. The Kier molecular flexibility index (Phi) is 4.20. The molecule has 1 aliphatic rings. The lowest BCUT2D eigenvalue weighted by atomic mass is 9.86. The molecule has 4 heteroatoms. The fourth-order valence-corrected chi connectivity index (χ4v) is 2.32. The van der Waals surface area contributed by atoms with Crippen LogP contribution in [-0.4, -0.2) is 41.1 Å². The number of carbonyl (C=O) groups excluding carboxylic acids is 1. The molecule has 1 amide bonds. The first-order chi connectivity index (χ1) is 7.66. The van der Waals surface area contributed by atoms with Gasteiger partial charge >= 0.3 is 0 Å². The van der Waals surface area contributed by atoms with Crippen LogP contribution in [0.2, 0.25) is 0 Å². The summed E-state index contributed by atoms with van der Waals surface area (Å²) in [5.41, 5.74) is 5.00. The molecule has 1 atom stereocenters. The topological polar surface area (TPSA) is 66.6 Å². The summed E-state index contributed by atoms with van der Waals surface area (Å²) < 4.78 is 0. The van der Waals surface area contributed by atoms with E-state index < -0.39 is 11.6 Å². The van der Waals surface area contributed by atoms with Crippen molar-refractivity contribution < 1.29 is 9.90 Å². The maximum atomic E-state index is 12.1. The van der Waals surface area contributed by atoms with Crippen molar-refractivity contribution in [1.29, 1.82) is 0 Å². The van der Waals surface area contributed by atoms with Gasteiger partial charge in [0.05, 0.1) is 11.6 Å². The molecule has 0 saturated heterocycles. The van der Waals surface area contributed by atoms with Gasteiger partial charge in [0.15, 0.2) is 0 Å². The summed E-state index contributed by atoms with van der Waals surface area (Å²) in [5.74, 6) is -0.0853. The fourth-order valence-electron chi connectivity index (χ4n) is 2.32. The van der Waals surface area contributed by atoms with E-state index in [4.69, 9.17) is 5.73 Å². The third kappa shape index (κ3) is 3.68. The predicted octanol–water partition coefficient (Wildman–Crippen LogP) is 1.12. The van der Waals surface area contributed by atoms with E-state index in [-0.39, 0.29) is 11.3 Å². The molecular weight excluding hydrogens is 216 g/mol. The van der Waals surface area contributed by atoms with Gasteiger partial charge in [0.25, 0.3) is 0 Å². The predicted molar refractivity (Wildman–Crippen MR) is 68.5 cm³/mol.